The summed E-state index contributed by atoms with van der Waals surface area (Å²) in [5.41, 5.74) is 1.71. The van der Waals surface area contributed by atoms with Gasteiger partial charge in [0.15, 0.2) is 16.4 Å². The number of aryl methyl sites for hydroxylation is 1. The average molecular weight is 319 g/mol. The summed E-state index contributed by atoms with van der Waals surface area (Å²) in [4.78, 5) is 12.0. The molecule has 22 heavy (non-hydrogen) atoms. The van der Waals surface area contributed by atoms with Crippen LogP contribution in [-0.2, 0) is 14.6 Å². The van der Waals surface area contributed by atoms with Crippen LogP contribution in [0.2, 0.25) is 0 Å². The Morgan fingerprint density at radius 1 is 1.09 bits per heavy atom. The Kier molecular flexibility index (Phi) is 4.82. The van der Waals surface area contributed by atoms with Crippen molar-refractivity contribution in [3.05, 3.63) is 54.1 Å². The zero-order valence-corrected chi connectivity index (χ0v) is 13.2. The Bertz CT molecular complexity index is 767. The first-order valence-electron chi connectivity index (χ1n) is 6.64. The second-order valence-corrected chi connectivity index (χ2v) is 6.91. The minimum absolute atomic E-state index is 0.146. The third-order valence-corrected chi connectivity index (χ3v) is 4.17. The number of nitrogens with one attached hydrogen (secondary N) is 1. The van der Waals surface area contributed by atoms with Crippen molar-refractivity contribution in [2.24, 2.45) is 0 Å². The lowest BCUT2D eigenvalue weighted by molar-refractivity contribution is -0.118. The van der Waals surface area contributed by atoms with Crippen LogP contribution in [0.4, 0.5) is 5.69 Å². The zero-order chi connectivity index (χ0) is 16.2. The zero-order valence-electron chi connectivity index (χ0n) is 12.4. The first kappa shape index (κ1) is 16.0. The first-order chi connectivity index (χ1) is 10.4. The Labute approximate surface area is 129 Å². The summed E-state index contributed by atoms with van der Waals surface area (Å²) in [5.74, 6) is 0.161. The van der Waals surface area contributed by atoms with Gasteiger partial charge in [0.2, 0.25) is 0 Å². The number of hydrogen-bond donors (Lipinski definition) is 1. The fourth-order valence-corrected chi connectivity index (χ4v) is 2.46. The van der Waals surface area contributed by atoms with Gasteiger partial charge in [-0.2, -0.15) is 0 Å². The van der Waals surface area contributed by atoms with E-state index in [1.54, 1.807) is 0 Å². The lowest BCUT2D eigenvalue weighted by atomic mass is 10.2. The maximum Gasteiger partial charge on any atom is 0.262 e. The molecular formula is C16H17NO4S. The van der Waals surface area contributed by atoms with Gasteiger partial charge in [-0.15, -0.1) is 0 Å². The van der Waals surface area contributed by atoms with Gasteiger partial charge >= 0.3 is 0 Å². The van der Waals surface area contributed by atoms with Gasteiger partial charge in [0, 0.05) is 11.9 Å². The van der Waals surface area contributed by atoms with Crippen molar-refractivity contribution >= 4 is 21.4 Å². The molecule has 0 radical (unpaired) electrons. The van der Waals surface area contributed by atoms with E-state index >= 15 is 0 Å². The molecule has 1 amide bonds. The van der Waals surface area contributed by atoms with E-state index in [0.717, 1.165) is 17.5 Å². The van der Waals surface area contributed by atoms with Gasteiger partial charge in [0.1, 0.15) is 5.75 Å². The Hall–Kier alpha value is -2.34. The van der Waals surface area contributed by atoms with Gasteiger partial charge < -0.3 is 10.1 Å². The molecule has 0 spiro atoms. The van der Waals surface area contributed by atoms with Crippen LogP contribution >= 0.6 is 0 Å². The van der Waals surface area contributed by atoms with Crippen molar-refractivity contribution in [3.63, 3.8) is 0 Å². The molecule has 0 saturated heterocycles. The normalized spacial score (nSPS) is 11.0. The maximum atomic E-state index is 11.8. The van der Waals surface area contributed by atoms with E-state index in [2.05, 4.69) is 5.32 Å². The number of ether oxygens (including phenoxy) is 1. The highest BCUT2D eigenvalue weighted by atomic mass is 32.2. The number of rotatable bonds is 5. The largest absolute Gasteiger partial charge is 0.484 e. The number of carbonyl (C=O) groups excluding carboxylic acids is 1. The van der Waals surface area contributed by atoms with Gasteiger partial charge in [0.25, 0.3) is 5.91 Å². The van der Waals surface area contributed by atoms with Crippen molar-refractivity contribution in [1.82, 2.24) is 0 Å². The molecule has 2 aromatic carbocycles. The summed E-state index contributed by atoms with van der Waals surface area (Å²) < 4.78 is 28.0. The van der Waals surface area contributed by atoms with Crippen molar-refractivity contribution in [2.75, 3.05) is 18.2 Å². The van der Waals surface area contributed by atoms with Crippen LogP contribution in [0.15, 0.2) is 53.4 Å². The molecule has 0 aliphatic carbocycles. The SMILES string of the molecule is Cc1ccccc1NC(=O)COc1ccc(S(C)(=O)=O)cc1. The molecular weight excluding hydrogens is 302 g/mol. The summed E-state index contributed by atoms with van der Waals surface area (Å²) in [6.45, 7) is 1.76. The van der Waals surface area contributed by atoms with Crippen LogP contribution in [-0.4, -0.2) is 27.2 Å². The summed E-state index contributed by atoms with van der Waals surface area (Å²) in [7, 11) is -3.23. The van der Waals surface area contributed by atoms with E-state index in [1.165, 1.54) is 24.3 Å². The van der Waals surface area contributed by atoms with Crippen LogP contribution in [0.3, 0.4) is 0 Å². The molecule has 2 aromatic rings. The van der Waals surface area contributed by atoms with Crippen LogP contribution in [0.1, 0.15) is 5.56 Å². The van der Waals surface area contributed by atoms with Gasteiger partial charge in [-0.25, -0.2) is 8.42 Å². The van der Waals surface area contributed by atoms with Crippen LogP contribution in [0, 0.1) is 6.92 Å². The number of carbonyl (C=O) groups is 1. The number of anilines is 1. The molecule has 0 heterocycles. The molecule has 0 aromatic heterocycles. The number of para-hydroxylation sites is 1. The minimum atomic E-state index is -3.23. The highest BCUT2D eigenvalue weighted by molar-refractivity contribution is 7.90. The smallest absolute Gasteiger partial charge is 0.262 e. The van der Waals surface area contributed by atoms with E-state index in [4.69, 9.17) is 4.74 Å². The Balaban J connectivity index is 1.93. The molecule has 2 rings (SSSR count). The fourth-order valence-electron chi connectivity index (χ4n) is 1.83. The first-order valence-corrected chi connectivity index (χ1v) is 8.54. The molecule has 0 bridgehead atoms. The highest BCUT2D eigenvalue weighted by Gasteiger charge is 2.08. The quantitative estimate of drug-likeness (QED) is 0.918. The van der Waals surface area contributed by atoms with E-state index in [0.29, 0.717) is 5.75 Å². The van der Waals surface area contributed by atoms with Gasteiger partial charge in [0.05, 0.1) is 4.90 Å². The summed E-state index contributed by atoms with van der Waals surface area (Å²) >= 11 is 0. The molecule has 0 fully saturated rings. The third kappa shape index (κ3) is 4.33. The lowest BCUT2D eigenvalue weighted by Crippen LogP contribution is -2.20. The van der Waals surface area contributed by atoms with E-state index < -0.39 is 9.84 Å². The van der Waals surface area contributed by atoms with Gasteiger partial charge in [-0.3, -0.25) is 4.79 Å². The topological polar surface area (TPSA) is 72.5 Å². The number of hydrogen-bond acceptors (Lipinski definition) is 4. The molecule has 0 unspecified atom stereocenters. The van der Waals surface area contributed by atoms with E-state index in [1.807, 2.05) is 31.2 Å². The molecule has 5 nitrogen and oxygen atoms in total. The molecule has 0 atom stereocenters. The number of benzene rings is 2. The maximum absolute atomic E-state index is 11.8. The number of sulfone groups is 1. The predicted molar refractivity (Wildman–Crippen MR) is 84.9 cm³/mol. The molecule has 6 heteroatoms. The molecule has 0 aliphatic heterocycles. The predicted octanol–water partition coefficient (Wildman–Crippen LogP) is 2.42. The molecule has 116 valence electrons. The second-order valence-electron chi connectivity index (χ2n) is 4.90. The average Bonchev–Trinajstić information content (AvgIpc) is 2.47. The van der Waals surface area contributed by atoms with Crippen LogP contribution < -0.4 is 10.1 Å². The van der Waals surface area contributed by atoms with Crippen molar-refractivity contribution in [2.45, 2.75) is 11.8 Å². The molecule has 0 saturated carbocycles. The minimum Gasteiger partial charge on any atom is -0.484 e. The van der Waals surface area contributed by atoms with Crippen molar-refractivity contribution < 1.29 is 17.9 Å². The van der Waals surface area contributed by atoms with Crippen LogP contribution in [0.5, 0.6) is 5.75 Å². The molecule has 1 N–H and O–H groups in total. The summed E-state index contributed by atoms with van der Waals surface area (Å²) in [5, 5.41) is 2.76. The van der Waals surface area contributed by atoms with Gasteiger partial charge in [-0.1, -0.05) is 18.2 Å². The number of amides is 1. The molecule has 0 aliphatic rings. The van der Waals surface area contributed by atoms with Crippen molar-refractivity contribution in [3.8, 4) is 5.75 Å². The Morgan fingerprint density at radius 3 is 2.32 bits per heavy atom. The van der Waals surface area contributed by atoms with Gasteiger partial charge in [-0.05, 0) is 42.8 Å². The Morgan fingerprint density at radius 2 is 1.73 bits per heavy atom. The fraction of sp³-hybridized carbons (Fsp3) is 0.188. The highest BCUT2D eigenvalue weighted by Crippen LogP contribution is 2.16. The monoisotopic (exact) mass is 319 g/mol. The summed E-state index contributed by atoms with van der Waals surface area (Å²) in [6, 6.07) is 13.4. The standard InChI is InChI=1S/C16H17NO4S/c1-12-5-3-4-6-15(12)17-16(18)11-21-13-7-9-14(10-8-13)22(2,19)20/h3-10H,11H2,1-2H3,(H,17,18). The van der Waals surface area contributed by atoms with Crippen molar-refractivity contribution in [1.29, 1.82) is 0 Å². The lowest BCUT2D eigenvalue weighted by Gasteiger charge is -2.09. The van der Waals surface area contributed by atoms with E-state index in [9.17, 15) is 13.2 Å². The second kappa shape index (κ2) is 6.62. The third-order valence-electron chi connectivity index (χ3n) is 3.04. The van der Waals surface area contributed by atoms with E-state index in [-0.39, 0.29) is 17.4 Å². The van der Waals surface area contributed by atoms with Crippen LogP contribution in [0.25, 0.3) is 0 Å². The summed E-state index contributed by atoms with van der Waals surface area (Å²) in [6.07, 6.45) is 1.14.